The van der Waals surface area contributed by atoms with E-state index in [1.165, 1.54) is 0 Å². The zero-order valence-corrected chi connectivity index (χ0v) is 14.6. The van der Waals surface area contributed by atoms with Crippen LogP contribution in [0.25, 0.3) is 22.3 Å². The third-order valence-corrected chi connectivity index (χ3v) is 5.22. The smallest absolute Gasteiger partial charge is 0.314 e. The van der Waals surface area contributed by atoms with E-state index in [0.29, 0.717) is 0 Å². The minimum Gasteiger partial charge on any atom is -0.481 e. The first-order valence-electron chi connectivity index (χ1n) is 8.70. The van der Waals surface area contributed by atoms with Gasteiger partial charge in [0.15, 0.2) is 0 Å². The number of anilines is 1. The van der Waals surface area contributed by atoms with Crippen LogP contribution in [0.4, 0.5) is 5.69 Å². The molecule has 2 aromatic carbocycles. The molecule has 2 N–H and O–H groups in total. The summed E-state index contributed by atoms with van der Waals surface area (Å²) < 4.78 is 0. The molecule has 130 valence electrons. The summed E-state index contributed by atoms with van der Waals surface area (Å²) in [4.78, 5) is 15.7. The number of nitrogens with one attached hydrogen (secondary N) is 1. The maximum absolute atomic E-state index is 11.5. The van der Waals surface area contributed by atoms with E-state index in [-0.39, 0.29) is 0 Å². The number of carboxylic acid groups (broad SMARTS) is 1. The lowest BCUT2D eigenvalue weighted by Gasteiger charge is -2.12. The van der Waals surface area contributed by atoms with Crippen LogP contribution in [0.15, 0.2) is 67.0 Å². The molecule has 4 heteroatoms. The number of aromatic nitrogens is 1. The monoisotopic (exact) mass is 344 g/mol. The van der Waals surface area contributed by atoms with Crippen LogP contribution in [-0.4, -0.2) is 23.1 Å². The Morgan fingerprint density at radius 1 is 0.962 bits per heavy atom. The van der Waals surface area contributed by atoms with E-state index in [1.807, 2.05) is 43.6 Å². The molecule has 0 atom stereocenters. The Morgan fingerprint density at radius 3 is 2.08 bits per heavy atom. The third-order valence-electron chi connectivity index (χ3n) is 5.22. The standard InChI is InChI=1S/C22H20N2O2/c1-23-20-10-13-24-14-19(20)17-4-2-15(3-5-17)16-6-8-18(9-7-16)22(11-12-22)21(25)26/h2-10,13-14H,11-12H2,1H3,(H,23,24)(H,25,26). The first-order chi connectivity index (χ1) is 12.6. The lowest BCUT2D eigenvalue weighted by Crippen LogP contribution is -2.19. The SMILES string of the molecule is CNc1ccncc1-c1ccc(-c2ccc(C3(C(=O)O)CC3)cc2)cc1. The molecule has 0 spiro atoms. The first-order valence-corrected chi connectivity index (χ1v) is 8.70. The number of carbonyl (C=O) groups is 1. The highest BCUT2D eigenvalue weighted by atomic mass is 16.4. The summed E-state index contributed by atoms with van der Waals surface area (Å²) in [5, 5.41) is 12.6. The number of pyridine rings is 1. The highest BCUT2D eigenvalue weighted by Gasteiger charge is 2.51. The van der Waals surface area contributed by atoms with E-state index in [4.69, 9.17) is 0 Å². The van der Waals surface area contributed by atoms with Crippen molar-refractivity contribution in [2.75, 3.05) is 12.4 Å². The molecule has 0 amide bonds. The lowest BCUT2D eigenvalue weighted by molar-refractivity contribution is -0.140. The Hall–Kier alpha value is -3.14. The van der Waals surface area contributed by atoms with Gasteiger partial charge in [0.2, 0.25) is 0 Å². The zero-order chi connectivity index (χ0) is 18.1. The predicted molar refractivity (Wildman–Crippen MR) is 103 cm³/mol. The maximum atomic E-state index is 11.5. The molecule has 26 heavy (non-hydrogen) atoms. The van der Waals surface area contributed by atoms with Crippen LogP contribution in [0, 0.1) is 0 Å². The maximum Gasteiger partial charge on any atom is 0.314 e. The van der Waals surface area contributed by atoms with Crippen molar-refractivity contribution in [1.29, 1.82) is 0 Å². The topological polar surface area (TPSA) is 62.2 Å². The zero-order valence-electron chi connectivity index (χ0n) is 14.6. The van der Waals surface area contributed by atoms with Crippen LogP contribution in [-0.2, 0) is 10.2 Å². The molecule has 0 unspecified atom stereocenters. The number of rotatable bonds is 5. The van der Waals surface area contributed by atoms with Crippen molar-refractivity contribution in [2.24, 2.45) is 0 Å². The van der Waals surface area contributed by atoms with Gasteiger partial charge >= 0.3 is 5.97 Å². The molecule has 0 aliphatic heterocycles. The normalized spacial score (nSPS) is 14.7. The molecule has 1 heterocycles. The van der Waals surface area contributed by atoms with Crippen LogP contribution >= 0.6 is 0 Å². The van der Waals surface area contributed by atoms with Crippen molar-refractivity contribution < 1.29 is 9.90 Å². The van der Waals surface area contributed by atoms with Crippen LogP contribution in [0.3, 0.4) is 0 Å². The van der Waals surface area contributed by atoms with Gasteiger partial charge in [0.1, 0.15) is 0 Å². The minimum absolute atomic E-state index is 0.647. The summed E-state index contributed by atoms with van der Waals surface area (Å²) in [6.07, 6.45) is 5.09. The van der Waals surface area contributed by atoms with Gasteiger partial charge in [-0.1, -0.05) is 48.5 Å². The molecule has 1 aliphatic rings. The predicted octanol–water partition coefficient (Wildman–Crippen LogP) is 4.57. The molecule has 1 aromatic heterocycles. The molecule has 4 nitrogen and oxygen atoms in total. The number of benzene rings is 2. The van der Waals surface area contributed by atoms with Crippen molar-refractivity contribution in [3.63, 3.8) is 0 Å². The number of aliphatic carboxylic acids is 1. The fourth-order valence-corrected chi connectivity index (χ4v) is 3.42. The summed E-state index contributed by atoms with van der Waals surface area (Å²) in [6, 6.07) is 18.2. The van der Waals surface area contributed by atoms with Crippen LogP contribution in [0.5, 0.6) is 0 Å². The summed E-state index contributed by atoms with van der Waals surface area (Å²) in [7, 11) is 1.90. The highest BCUT2D eigenvalue weighted by molar-refractivity contribution is 5.85. The van der Waals surface area contributed by atoms with E-state index in [1.54, 1.807) is 6.20 Å². The molecule has 0 bridgehead atoms. The van der Waals surface area contributed by atoms with E-state index in [0.717, 1.165) is 46.3 Å². The summed E-state index contributed by atoms with van der Waals surface area (Å²) in [5.41, 5.74) is 5.66. The third kappa shape index (κ3) is 2.73. The molecular weight excluding hydrogens is 324 g/mol. The summed E-state index contributed by atoms with van der Waals surface area (Å²) >= 11 is 0. The molecule has 0 saturated heterocycles. The molecular formula is C22H20N2O2. The lowest BCUT2D eigenvalue weighted by atomic mass is 9.93. The van der Waals surface area contributed by atoms with Gasteiger partial charge in [-0.2, -0.15) is 0 Å². The van der Waals surface area contributed by atoms with Gasteiger partial charge in [-0.25, -0.2) is 0 Å². The number of nitrogens with zero attached hydrogens (tertiary/aromatic N) is 1. The molecule has 0 radical (unpaired) electrons. The van der Waals surface area contributed by atoms with Gasteiger partial charge < -0.3 is 10.4 Å². The van der Waals surface area contributed by atoms with Gasteiger partial charge in [-0.05, 0) is 41.2 Å². The fraction of sp³-hybridized carbons (Fsp3) is 0.182. The second-order valence-corrected chi connectivity index (χ2v) is 6.71. The van der Waals surface area contributed by atoms with Crippen LogP contribution < -0.4 is 5.32 Å². The molecule has 3 aromatic rings. The molecule has 1 saturated carbocycles. The van der Waals surface area contributed by atoms with Gasteiger partial charge in [-0.15, -0.1) is 0 Å². The molecule has 4 rings (SSSR count). The summed E-state index contributed by atoms with van der Waals surface area (Å²) in [5.74, 6) is -0.716. The van der Waals surface area contributed by atoms with Crippen molar-refractivity contribution in [3.8, 4) is 22.3 Å². The number of carboxylic acids is 1. The van der Waals surface area contributed by atoms with Crippen LogP contribution in [0.2, 0.25) is 0 Å². The van der Waals surface area contributed by atoms with Crippen LogP contribution in [0.1, 0.15) is 18.4 Å². The van der Waals surface area contributed by atoms with Gasteiger partial charge in [0, 0.05) is 30.7 Å². The van der Waals surface area contributed by atoms with E-state index < -0.39 is 11.4 Å². The van der Waals surface area contributed by atoms with E-state index in [9.17, 15) is 9.90 Å². The Bertz CT molecular complexity index is 943. The second kappa shape index (κ2) is 6.30. The average molecular weight is 344 g/mol. The summed E-state index contributed by atoms with van der Waals surface area (Å²) in [6.45, 7) is 0. The Morgan fingerprint density at radius 2 is 1.54 bits per heavy atom. The van der Waals surface area contributed by atoms with Gasteiger partial charge in [0.25, 0.3) is 0 Å². The van der Waals surface area contributed by atoms with E-state index >= 15 is 0 Å². The fourth-order valence-electron chi connectivity index (χ4n) is 3.42. The largest absolute Gasteiger partial charge is 0.481 e. The van der Waals surface area contributed by atoms with Crippen molar-refractivity contribution in [2.45, 2.75) is 18.3 Å². The highest BCUT2D eigenvalue weighted by Crippen LogP contribution is 2.48. The first kappa shape index (κ1) is 16.3. The van der Waals surface area contributed by atoms with Gasteiger partial charge in [0.05, 0.1) is 5.41 Å². The van der Waals surface area contributed by atoms with Crippen molar-refractivity contribution in [1.82, 2.24) is 4.98 Å². The van der Waals surface area contributed by atoms with Crippen molar-refractivity contribution >= 4 is 11.7 Å². The quantitative estimate of drug-likeness (QED) is 0.711. The number of hydrogen-bond acceptors (Lipinski definition) is 3. The molecule has 1 aliphatic carbocycles. The number of hydrogen-bond donors (Lipinski definition) is 2. The Labute approximate surface area is 152 Å². The Kier molecular flexibility index (Phi) is 3.96. The second-order valence-electron chi connectivity index (χ2n) is 6.71. The molecule has 1 fully saturated rings. The minimum atomic E-state index is -0.716. The van der Waals surface area contributed by atoms with Crippen molar-refractivity contribution in [3.05, 3.63) is 72.6 Å². The van der Waals surface area contributed by atoms with E-state index in [2.05, 4.69) is 34.6 Å². The average Bonchev–Trinajstić information content (AvgIpc) is 3.50. The Balaban J connectivity index is 1.60. The van der Waals surface area contributed by atoms with Gasteiger partial charge in [-0.3, -0.25) is 9.78 Å².